The van der Waals surface area contributed by atoms with Crippen molar-refractivity contribution in [2.45, 2.75) is 26.3 Å². The van der Waals surface area contributed by atoms with Crippen LogP contribution in [0, 0.1) is 13.8 Å². The molecule has 1 aliphatic rings. The average Bonchev–Trinajstić information content (AvgIpc) is 2.92. The topological polar surface area (TPSA) is 102 Å². The number of aromatic nitrogens is 1. The second kappa shape index (κ2) is 5.20. The fourth-order valence-electron chi connectivity index (χ4n) is 2.56. The molecule has 3 rings (SSSR count). The summed E-state index contributed by atoms with van der Waals surface area (Å²) in [4.78, 5) is 18.0. The maximum atomic E-state index is 12.4. The third-order valence-electron chi connectivity index (χ3n) is 3.94. The second-order valence-electron chi connectivity index (χ2n) is 5.66. The van der Waals surface area contributed by atoms with Crippen molar-refractivity contribution in [1.82, 2.24) is 10.3 Å². The van der Waals surface area contributed by atoms with Crippen molar-refractivity contribution in [2.24, 2.45) is 0 Å². The Balaban J connectivity index is 1.90. The van der Waals surface area contributed by atoms with Crippen molar-refractivity contribution in [3.8, 4) is 0 Å². The van der Waals surface area contributed by atoms with E-state index in [9.17, 15) is 13.2 Å². The number of pyridine rings is 1. The number of nitrogens with two attached hydrogens (primary N) is 1. The smallest absolute Gasteiger partial charge is 0.263 e. The Labute approximate surface area is 132 Å². The zero-order valence-corrected chi connectivity index (χ0v) is 14.0. The normalized spacial score (nSPS) is 20.4. The lowest BCUT2D eigenvalue weighted by Crippen LogP contribution is -2.35. The van der Waals surface area contributed by atoms with Crippen molar-refractivity contribution < 1.29 is 13.2 Å². The van der Waals surface area contributed by atoms with E-state index in [-0.39, 0.29) is 23.5 Å². The molecule has 1 unspecified atom stereocenters. The van der Waals surface area contributed by atoms with Gasteiger partial charge in [0.15, 0.2) is 9.84 Å². The summed E-state index contributed by atoms with van der Waals surface area (Å²) in [7, 11) is -3.02. The number of anilines is 1. The monoisotopic (exact) mass is 339 g/mol. The van der Waals surface area contributed by atoms with Crippen LogP contribution in [0.3, 0.4) is 0 Å². The molecule has 1 amide bonds. The van der Waals surface area contributed by atoms with Gasteiger partial charge in [-0.25, -0.2) is 13.4 Å². The molecule has 1 saturated heterocycles. The Morgan fingerprint density at radius 1 is 1.45 bits per heavy atom. The number of amides is 1. The van der Waals surface area contributed by atoms with E-state index in [1.54, 1.807) is 0 Å². The Bertz CT molecular complexity index is 871. The maximum Gasteiger partial charge on any atom is 0.263 e. The largest absolute Gasteiger partial charge is 0.397 e. The highest BCUT2D eigenvalue weighted by molar-refractivity contribution is 7.91. The Morgan fingerprint density at radius 2 is 2.18 bits per heavy atom. The van der Waals surface area contributed by atoms with Crippen LogP contribution in [0.4, 0.5) is 5.69 Å². The lowest BCUT2D eigenvalue weighted by atomic mass is 10.1. The standard InChI is InChI=1S/C14H17N3O3S2/c1-7-5-10-11(15)12(21-14(10)16-8(7)2)13(18)17-9-3-4-22(19,20)6-9/h5,9H,3-4,6,15H2,1-2H3,(H,17,18). The van der Waals surface area contributed by atoms with Crippen LogP contribution < -0.4 is 11.1 Å². The molecule has 0 bridgehead atoms. The van der Waals surface area contributed by atoms with Crippen LogP contribution in [0.1, 0.15) is 27.3 Å². The number of aryl methyl sites for hydroxylation is 2. The van der Waals surface area contributed by atoms with Gasteiger partial charge in [0.2, 0.25) is 0 Å². The highest BCUT2D eigenvalue weighted by Crippen LogP contribution is 2.33. The molecule has 1 fully saturated rings. The van der Waals surface area contributed by atoms with Gasteiger partial charge >= 0.3 is 0 Å². The Hall–Kier alpha value is -1.67. The number of nitrogens with zero attached hydrogens (tertiary/aromatic N) is 1. The van der Waals surface area contributed by atoms with E-state index in [1.165, 1.54) is 11.3 Å². The maximum absolute atomic E-state index is 12.4. The van der Waals surface area contributed by atoms with E-state index < -0.39 is 9.84 Å². The number of sulfone groups is 1. The molecule has 6 nitrogen and oxygen atoms in total. The fourth-order valence-corrected chi connectivity index (χ4v) is 5.26. The van der Waals surface area contributed by atoms with Crippen LogP contribution in [-0.4, -0.2) is 36.9 Å². The number of fused-ring (bicyclic) bond motifs is 1. The van der Waals surface area contributed by atoms with Crippen molar-refractivity contribution in [2.75, 3.05) is 17.2 Å². The molecule has 22 heavy (non-hydrogen) atoms. The summed E-state index contributed by atoms with van der Waals surface area (Å²) in [5.41, 5.74) is 8.41. The fraction of sp³-hybridized carbons (Fsp3) is 0.429. The van der Waals surface area contributed by atoms with Gasteiger partial charge in [0, 0.05) is 17.1 Å². The molecule has 1 atom stereocenters. The molecule has 3 N–H and O–H groups in total. The summed E-state index contributed by atoms with van der Waals surface area (Å²) >= 11 is 1.24. The molecule has 2 aromatic heterocycles. The van der Waals surface area contributed by atoms with Crippen LogP contribution in [0.25, 0.3) is 10.2 Å². The van der Waals surface area contributed by atoms with Crippen molar-refractivity contribution >= 4 is 43.0 Å². The third-order valence-corrected chi connectivity index (χ3v) is 6.82. The van der Waals surface area contributed by atoms with Crippen LogP contribution in [-0.2, 0) is 9.84 Å². The molecular weight excluding hydrogens is 322 g/mol. The summed E-state index contributed by atoms with van der Waals surface area (Å²) in [5, 5.41) is 3.54. The van der Waals surface area contributed by atoms with Crippen LogP contribution >= 0.6 is 11.3 Å². The van der Waals surface area contributed by atoms with Gasteiger partial charge in [-0.2, -0.15) is 0 Å². The van der Waals surface area contributed by atoms with Crippen molar-refractivity contribution in [3.63, 3.8) is 0 Å². The van der Waals surface area contributed by atoms with E-state index in [0.29, 0.717) is 17.0 Å². The summed E-state index contributed by atoms with van der Waals surface area (Å²) in [6.07, 6.45) is 0.454. The molecule has 1 aliphatic heterocycles. The molecule has 2 aromatic rings. The van der Waals surface area contributed by atoms with Crippen LogP contribution in [0.15, 0.2) is 6.07 Å². The average molecular weight is 339 g/mol. The second-order valence-corrected chi connectivity index (χ2v) is 8.89. The van der Waals surface area contributed by atoms with Gasteiger partial charge in [-0.15, -0.1) is 11.3 Å². The molecule has 3 heterocycles. The minimum Gasteiger partial charge on any atom is -0.397 e. The highest BCUT2D eigenvalue weighted by atomic mass is 32.2. The molecule has 0 aromatic carbocycles. The van der Waals surface area contributed by atoms with E-state index in [4.69, 9.17) is 5.73 Å². The molecule has 0 radical (unpaired) electrons. The highest BCUT2D eigenvalue weighted by Gasteiger charge is 2.30. The lowest BCUT2D eigenvalue weighted by Gasteiger charge is -2.09. The molecule has 118 valence electrons. The molecular formula is C14H17N3O3S2. The third kappa shape index (κ3) is 2.68. The minimum atomic E-state index is -3.02. The summed E-state index contributed by atoms with van der Waals surface area (Å²) in [6, 6.07) is 1.60. The van der Waals surface area contributed by atoms with Crippen LogP contribution in [0.2, 0.25) is 0 Å². The van der Waals surface area contributed by atoms with E-state index in [2.05, 4.69) is 10.3 Å². The number of nitrogen functional groups attached to an aromatic ring is 1. The minimum absolute atomic E-state index is 0.00000609. The number of hydrogen-bond acceptors (Lipinski definition) is 6. The first-order valence-electron chi connectivity index (χ1n) is 6.94. The van der Waals surface area contributed by atoms with Gasteiger partial charge in [-0.1, -0.05) is 0 Å². The van der Waals surface area contributed by atoms with Crippen LogP contribution in [0.5, 0.6) is 0 Å². The Morgan fingerprint density at radius 3 is 2.82 bits per heavy atom. The van der Waals surface area contributed by atoms with Gasteiger partial charge in [-0.3, -0.25) is 4.79 Å². The van der Waals surface area contributed by atoms with Gasteiger partial charge in [0.05, 0.1) is 17.2 Å². The summed E-state index contributed by atoms with van der Waals surface area (Å²) in [6.45, 7) is 3.86. The van der Waals surface area contributed by atoms with Gasteiger partial charge in [-0.05, 0) is 31.9 Å². The SMILES string of the molecule is Cc1cc2c(N)c(C(=O)NC3CCS(=O)(=O)C3)sc2nc1C. The van der Waals surface area contributed by atoms with E-state index >= 15 is 0 Å². The van der Waals surface area contributed by atoms with Crippen molar-refractivity contribution in [1.29, 1.82) is 0 Å². The quantitative estimate of drug-likeness (QED) is 0.861. The number of hydrogen-bond donors (Lipinski definition) is 2. The first kappa shape index (κ1) is 15.2. The van der Waals surface area contributed by atoms with Crippen molar-refractivity contribution in [3.05, 3.63) is 22.2 Å². The number of carbonyl (C=O) groups excluding carboxylic acids is 1. The zero-order chi connectivity index (χ0) is 16.1. The summed E-state index contributed by atoms with van der Waals surface area (Å²) in [5.74, 6) is -0.197. The first-order chi connectivity index (χ1) is 10.3. The molecule has 0 aliphatic carbocycles. The number of carbonyl (C=O) groups is 1. The van der Waals surface area contributed by atoms with Gasteiger partial charge < -0.3 is 11.1 Å². The Kier molecular flexibility index (Phi) is 3.60. The van der Waals surface area contributed by atoms with E-state index in [0.717, 1.165) is 21.5 Å². The molecule has 0 saturated carbocycles. The van der Waals surface area contributed by atoms with E-state index in [1.807, 2.05) is 19.9 Å². The van der Waals surface area contributed by atoms with Gasteiger partial charge in [0.1, 0.15) is 9.71 Å². The predicted octanol–water partition coefficient (Wildman–Crippen LogP) is 1.41. The summed E-state index contributed by atoms with van der Waals surface area (Å²) < 4.78 is 22.9. The number of thiophene rings is 1. The number of rotatable bonds is 2. The van der Waals surface area contributed by atoms with Gasteiger partial charge in [0.25, 0.3) is 5.91 Å². The molecule has 8 heteroatoms. The molecule has 0 spiro atoms. The first-order valence-corrected chi connectivity index (χ1v) is 9.58. The lowest BCUT2D eigenvalue weighted by molar-refractivity contribution is 0.0946. The number of nitrogens with one attached hydrogen (secondary N) is 1. The zero-order valence-electron chi connectivity index (χ0n) is 12.3. The predicted molar refractivity (Wildman–Crippen MR) is 88.0 cm³/mol.